The number of ether oxygens (including phenoxy) is 1. The molecule has 0 saturated heterocycles. The molecule has 3 amide bonds. The number of carbonyl (C=O) groups is 4. The molecule has 2 aromatic carbocycles. The molecule has 0 atom stereocenters. The summed E-state index contributed by atoms with van der Waals surface area (Å²) in [6, 6.07) is 11.1. The number of fused-ring (bicyclic) bond motifs is 1. The van der Waals surface area contributed by atoms with Gasteiger partial charge in [-0.1, -0.05) is 0 Å². The van der Waals surface area contributed by atoms with Crippen LogP contribution in [0.3, 0.4) is 0 Å². The molecule has 0 unspecified atom stereocenters. The SMILES string of the molecule is CCOC(=O)c1ccc(C(=O)Nc2ccc3c(c2)N(C)C(=O)C(C)(C)C(=O)N3C)cc1. The second-order valence-electron chi connectivity index (χ2n) is 7.81. The van der Waals surface area contributed by atoms with Crippen LogP contribution in [0.15, 0.2) is 42.5 Å². The third-order valence-electron chi connectivity index (χ3n) is 5.29. The van der Waals surface area contributed by atoms with E-state index in [1.807, 2.05) is 0 Å². The first-order chi connectivity index (χ1) is 14.6. The molecule has 8 nitrogen and oxygen atoms in total. The molecule has 1 N–H and O–H groups in total. The number of amides is 3. The van der Waals surface area contributed by atoms with Crippen molar-refractivity contribution in [3.05, 3.63) is 53.6 Å². The minimum Gasteiger partial charge on any atom is -0.462 e. The predicted molar refractivity (Wildman–Crippen MR) is 117 cm³/mol. The van der Waals surface area contributed by atoms with Gasteiger partial charge in [0.15, 0.2) is 0 Å². The van der Waals surface area contributed by atoms with Crippen LogP contribution in [0, 0.1) is 5.41 Å². The van der Waals surface area contributed by atoms with Crippen molar-refractivity contribution >= 4 is 40.8 Å². The molecule has 31 heavy (non-hydrogen) atoms. The van der Waals surface area contributed by atoms with Crippen LogP contribution in [0.4, 0.5) is 17.1 Å². The van der Waals surface area contributed by atoms with E-state index >= 15 is 0 Å². The summed E-state index contributed by atoms with van der Waals surface area (Å²) in [5.41, 5.74) is 1.08. The van der Waals surface area contributed by atoms with Crippen LogP contribution in [0.25, 0.3) is 0 Å². The van der Waals surface area contributed by atoms with Crippen LogP contribution in [0.5, 0.6) is 0 Å². The number of esters is 1. The smallest absolute Gasteiger partial charge is 0.338 e. The van der Waals surface area contributed by atoms with E-state index in [1.165, 1.54) is 34.1 Å². The predicted octanol–water partition coefficient (Wildman–Crippen LogP) is 3.08. The van der Waals surface area contributed by atoms with E-state index in [0.717, 1.165) is 0 Å². The summed E-state index contributed by atoms with van der Waals surface area (Å²) in [6.45, 7) is 5.19. The van der Waals surface area contributed by atoms with Crippen LogP contribution in [0.1, 0.15) is 41.5 Å². The average Bonchev–Trinajstić information content (AvgIpc) is 2.80. The molecule has 1 aliphatic rings. The van der Waals surface area contributed by atoms with Gasteiger partial charge < -0.3 is 19.9 Å². The summed E-state index contributed by atoms with van der Waals surface area (Å²) in [4.78, 5) is 52.8. The van der Waals surface area contributed by atoms with E-state index in [2.05, 4.69) is 5.32 Å². The quantitative estimate of drug-likeness (QED) is 0.602. The molecular weight excluding hydrogens is 398 g/mol. The van der Waals surface area contributed by atoms with E-state index in [1.54, 1.807) is 53.1 Å². The second kappa shape index (κ2) is 8.22. The molecule has 0 bridgehead atoms. The highest BCUT2D eigenvalue weighted by Crippen LogP contribution is 2.39. The maximum atomic E-state index is 12.8. The van der Waals surface area contributed by atoms with Gasteiger partial charge in [0.1, 0.15) is 5.41 Å². The van der Waals surface area contributed by atoms with Gasteiger partial charge in [0.2, 0.25) is 11.8 Å². The van der Waals surface area contributed by atoms with Gasteiger partial charge >= 0.3 is 5.97 Å². The topological polar surface area (TPSA) is 96.0 Å². The fourth-order valence-electron chi connectivity index (χ4n) is 3.48. The van der Waals surface area contributed by atoms with Crippen molar-refractivity contribution in [2.45, 2.75) is 20.8 Å². The van der Waals surface area contributed by atoms with Crippen LogP contribution in [0.2, 0.25) is 0 Å². The lowest BCUT2D eigenvalue weighted by molar-refractivity contribution is -0.137. The molecule has 8 heteroatoms. The lowest BCUT2D eigenvalue weighted by Gasteiger charge is -2.25. The van der Waals surface area contributed by atoms with Crippen LogP contribution < -0.4 is 15.1 Å². The van der Waals surface area contributed by atoms with Crippen molar-refractivity contribution in [2.24, 2.45) is 5.41 Å². The number of nitrogens with zero attached hydrogens (tertiary/aromatic N) is 2. The summed E-state index contributed by atoms with van der Waals surface area (Å²) in [5.74, 6) is -1.46. The van der Waals surface area contributed by atoms with E-state index in [0.29, 0.717) is 28.2 Å². The molecule has 0 spiro atoms. The average molecular weight is 423 g/mol. The summed E-state index contributed by atoms with van der Waals surface area (Å²) in [6.07, 6.45) is 0. The lowest BCUT2D eigenvalue weighted by atomic mass is 9.90. The molecule has 162 valence electrons. The Labute approximate surface area is 180 Å². The fraction of sp³-hybridized carbons (Fsp3) is 0.304. The first-order valence-corrected chi connectivity index (χ1v) is 9.86. The van der Waals surface area contributed by atoms with Gasteiger partial charge in [-0.15, -0.1) is 0 Å². The monoisotopic (exact) mass is 423 g/mol. The molecule has 1 heterocycles. The highest BCUT2D eigenvalue weighted by molar-refractivity contribution is 6.20. The van der Waals surface area contributed by atoms with Crippen LogP contribution >= 0.6 is 0 Å². The van der Waals surface area contributed by atoms with Gasteiger partial charge in [-0.2, -0.15) is 0 Å². The largest absolute Gasteiger partial charge is 0.462 e. The molecule has 2 aromatic rings. The second-order valence-corrected chi connectivity index (χ2v) is 7.81. The minimum absolute atomic E-state index is 0.272. The maximum absolute atomic E-state index is 12.8. The molecule has 0 aliphatic carbocycles. The van der Waals surface area contributed by atoms with E-state index in [9.17, 15) is 19.2 Å². The number of hydrogen-bond donors (Lipinski definition) is 1. The lowest BCUT2D eigenvalue weighted by Crippen LogP contribution is -2.46. The zero-order chi connectivity index (χ0) is 22.9. The minimum atomic E-state index is -1.20. The maximum Gasteiger partial charge on any atom is 0.338 e. The molecular formula is C23H25N3O5. The molecule has 1 aliphatic heterocycles. The Morgan fingerprint density at radius 2 is 1.45 bits per heavy atom. The Bertz CT molecular complexity index is 1060. The molecule has 0 saturated carbocycles. The summed E-state index contributed by atoms with van der Waals surface area (Å²) in [7, 11) is 3.23. The van der Waals surface area contributed by atoms with Gasteiger partial charge in [0.05, 0.1) is 23.5 Å². The van der Waals surface area contributed by atoms with E-state index in [4.69, 9.17) is 4.74 Å². The van der Waals surface area contributed by atoms with Crippen LogP contribution in [-0.4, -0.2) is 44.4 Å². The normalized spacial score (nSPS) is 15.3. The number of carbonyl (C=O) groups excluding carboxylic acids is 4. The highest BCUT2D eigenvalue weighted by Gasteiger charge is 2.44. The zero-order valence-corrected chi connectivity index (χ0v) is 18.2. The molecule has 3 rings (SSSR count). The van der Waals surface area contributed by atoms with Gasteiger partial charge in [-0.3, -0.25) is 14.4 Å². The number of hydrogen-bond acceptors (Lipinski definition) is 5. The Balaban J connectivity index is 1.86. The molecule has 0 radical (unpaired) electrons. The van der Waals surface area contributed by atoms with Crippen molar-refractivity contribution in [3.8, 4) is 0 Å². The molecule has 0 fully saturated rings. The van der Waals surface area contributed by atoms with Gasteiger partial charge in [-0.05, 0) is 63.2 Å². The van der Waals surface area contributed by atoms with Gasteiger partial charge in [-0.25, -0.2) is 4.79 Å². The first kappa shape index (κ1) is 22.0. The Kier molecular flexibility index (Phi) is 5.83. The summed E-state index contributed by atoms with van der Waals surface area (Å²) < 4.78 is 4.94. The Morgan fingerprint density at radius 1 is 0.903 bits per heavy atom. The standard InChI is InChI=1S/C23H25N3O5/c1-6-31-20(28)15-9-7-14(8-10-15)19(27)24-16-11-12-17-18(13-16)26(5)22(30)23(2,3)21(29)25(17)4/h7-13H,6H2,1-5H3,(H,24,27). The first-order valence-electron chi connectivity index (χ1n) is 9.86. The summed E-state index contributed by atoms with van der Waals surface area (Å²) in [5, 5.41) is 2.79. The van der Waals surface area contributed by atoms with E-state index in [-0.39, 0.29) is 24.3 Å². The number of nitrogens with one attached hydrogen (secondary N) is 1. The van der Waals surface area contributed by atoms with Crippen molar-refractivity contribution in [1.29, 1.82) is 0 Å². The third kappa shape index (κ3) is 4.01. The number of benzene rings is 2. The molecule has 0 aromatic heterocycles. The number of anilines is 3. The Morgan fingerprint density at radius 3 is 2.03 bits per heavy atom. The van der Waals surface area contributed by atoms with Crippen molar-refractivity contribution in [2.75, 3.05) is 35.8 Å². The highest BCUT2D eigenvalue weighted by atomic mass is 16.5. The fourth-order valence-corrected chi connectivity index (χ4v) is 3.48. The van der Waals surface area contributed by atoms with Gasteiger partial charge in [0, 0.05) is 25.3 Å². The number of rotatable bonds is 4. The zero-order valence-electron chi connectivity index (χ0n) is 18.2. The van der Waals surface area contributed by atoms with E-state index < -0.39 is 11.4 Å². The summed E-state index contributed by atoms with van der Waals surface area (Å²) >= 11 is 0. The third-order valence-corrected chi connectivity index (χ3v) is 5.29. The van der Waals surface area contributed by atoms with Crippen molar-refractivity contribution in [1.82, 2.24) is 0 Å². The van der Waals surface area contributed by atoms with Crippen molar-refractivity contribution < 1.29 is 23.9 Å². The van der Waals surface area contributed by atoms with Crippen LogP contribution in [-0.2, 0) is 14.3 Å². The van der Waals surface area contributed by atoms with Gasteiger partial charge in [0.25, 0.3) is 5.91 Å². The van der Waals surface area contributed by atoms with Crippen molar-refractivity contribution in [3.63, 3.8) is 0 Å². The Hall–Kier alpha value is -3.68.